The van der Waals surface area contributed by atoms with Crippen LogP contribution in [0.2, 0.25) is 0 Å². The fourth-order valence-corrected chi connectivity index (χ4v) is 1.88. The predicted octanol–water partition coefficient (Wildman–Crippen LogP) is 0.600. The van der Waals surface area contributed by atoms with E-state index >= 15 is 0 Å². The Bertz CT molecular complexity index is 609. The first-order valence-electron chi connectivity index (χ1n) is 4.70. The second-order valence-electron chi connectivity index (χ2n) is 3.12. The van der Waals surface area contributed by atoms with E-state index in [0.717, 1.165) is 0 Å². The first kappa shape index (κ1) is 11.3. The zero-order valence-corrected chi connectivity index (χ0v) is 9.49. The minimum Gasteiger partial charge on any atom is -0.382 e. The Labute approximate surface area is 101 Å². The average molecular weight is 247 g/mol. The van der Waals surface area contributed by atoms with Crippen LogP contribution in [0.4, 0.5) is 0 Å². The van der Waals surface area contributed by atoms with Crippen molar-refractivity contribution in [1.29, 1.82) is 5.41 Å². The van der Waals surface area contributed by atoms with Crippen molar-refractivity contribution in [2.75, 3.05) is 0 Å². The molecule has 2 rings (SSSR count). The molecule has 4 N–H and O–H groups in total. The molecule has 0 aliphatic rings. The van der Waals surface area contributed by atoms with Crippen molar-refractivity contribution < 1.29 is 0 Å². The first-order chi connectivity index (χ1) is 8.15. The second-order valence-corrected chi connectivity index (χ2v) is 4.13. The van der Waals surface area contributed by atoms with Crippen LogP contribution in [0.5, 0.6) is 0 Å². The summed E-state index contributed by atoms with van der Waals surface area (Å²) >= 11 is 1.20. The SMILES string of the molecule is N=C(N)c1cccc(Sc2nccc(=O)[nH]2)n1. The summed E-state index contributed by atoms with van der Waals surface area (Å²) in [6.07, 6.45) is 1.43. The maximum Gasteiger partial charge on any atom is 0.251 e. The predicted molar refractivity (Wildman–Crippen MR) is 64.2 cm³/mol. The molecule has 0 saturated carbocycles. The van der Waals surface area contributed by atoms with E-state index in [4.69, 9.17) is 11.1 Å². The fourth-order valence-electron chi connectivity index (χ4n) is 1.12. The van der Waals surface area contributed by atoms with Gasteiger partial charge in [0.2, 0.25) is 0 Å². The summed E-state index contributed by atoms with van der Waals surface area (Å²) in [5.41, 5.74) is 5.52. The largest absolute Gasteiger partial charge is 0.382 e. The molecule has 0 aliphatic heterocycles. The molecular formula is C10H9N5OS. The Morgan fingerprint density at radius 2 is 2.24 bits per heavy atom. The Balaban J connectivity index is 2.27. The second kappa shape index (κ2) is 4.79. The van der Waals surface area contributed by atoms with Gasteiger partial charge in [0.05, 0.1) is 0 Å². The van der Waals surface area contributed by atoms with E-state index in [9.17, 15) is 4.79 Å². The lowest BCUT2D eigenvalue weighted by atomic mass is 10.3. The van der Waals surface area contributed by atoms with Crippen LogP contribution in [0, 0.1) is 5.41 Å². The summed E-state index contributed by atoms with van der Waals surface area (Å²) in [5.74, 6) is -0.0954. The van der Waals surface area contributed by atoms with E-state index in [1.54, 1.807) is 18.2 Å². The highest BCUT2D eigenvalue weighted by molar-refractivity contribution is 7.99. The van der Waals surface area contributed by atoms with Gasteiger partial charge < -0.3 is 10.7 Å². The zero-order valence-electron chi connectivity index (χ0n) is 8.68. The standard InChI is InChI=1S/C10H9N5OS/c11-9(12)6-2-1-3-8(14-6)17-10-13-5-4-7(16)15-10/h1-5H,(H3,11,12)(H,13,15,16). The first-order valence-corrected chi connectivity index (χ1v) is 5.51. The summed E-state index contributed by atoms with van der Waals surface area (Å²) in [6.45, 7) is 0. The van der Waals surface area contributed by atoms with Crippen LogP contribution in [-0.4, -0.2) is 20.8 Å². The third kappa shape index (κ3) is 2.91. The van der Waals surface area contributed by atoms with Gasteiger partial charge in [0, 0.05) is 12.3 Å². The molecule has 0 spiro atoms. The maximum atomic E-state index is 11.1. The third-order valence-electron chi connectivity index (χ3n) is 1.85. The van der Waals surface area contributed by atoms with Crippen molar-refractivity contribution in [2.24, 2.45) is 5.73 Å². The molecular weight excluding hydrogens is 238 g/mol. The van der Waals surface area contributed by atoms with Gasteiger partial charge in [0.25, 0.3) is 5.56 Å². The number of aromatic nitrogens is 3. The molecule has 0 amide bonds. The summed E-state index contributed by atoms with van der Waals surface area (Å²) in [4.78, 5) is 21.8. The number of amidine groups is 1. The lowest BCUT2D eigenvalue weighted by Crippen LogP contribution is -2.13. The van der Waals surface area contributed by atoms with Gasteiger partial charge in [0.1, 0.15) is 16.6 Å². The molecule has 0 atom stereocenters. The molecule has 6 nitrogen and oxygen atoms in total. The van der Waals surface area contributed by atoms with Crippen LogP contribution in [-0.2, 0) is 0 Å². The number of rotatable bonds is 3. The Morgan fingerprint density at radius 1 is 1.41 bits per heavy atom. The molecule has 0 fully saturated rings. The van der Waals surface area contributed by atoms with Crippen LogP contribution in [0.15, 0.2) is 45.4 Å². The zero-order chi connectivity index (χ0) is 12.3. The number of hydrogen-bond acceptors (Lipinski definition) is 5. The molecule has 0 radical (unpaired) electrons. The van der Waals surface area contributed by atoms with Gasteiger partial charge in [-0.2, -0.15) is 0 Å². The number of nitrogen functional groups attached to an aromatic ring is 1. The molecule has 2 aromatic rings. The van der Waals surface area contributed by atoms with E-state index in [1.807, 2.05) is 0 Å². The topological polar surface area (TPSA) is 109 Å². The molecule has 2 aromatic heterocycles. The number of aromatic amines is 1. The van der Waals surface area contributed by atoms with E-state index in [0.29, 0.717) is 15.9 Å². The molecule has 0 unspecified atom stereocenters. The van der Waals surface area contributed by atoms with E-state index in [1.165, 1.54) is 24.0 Å². The Kier molecular flexibility index (Phi) is 3.20. The third-order valence-corrected chi connectivity index (χ3v) is 2.69. The van der Waals surface area contributed by atoms with Crippen molar-refractivity contribution in [3.63, 3.8) is 0 Å². The molecule has 7 heteroatoms. The molecule has 0 bridgehead atoms. The minimum absolute atomic E-state index is 0.0954. The molecule has 0 aliphatic carbocycles. The quantitative estimate of drug-likeness (QED) is 0.418. The number of pyridine rings is 1. The monoisotopic (exact) mass is 247 g/mol. The van der Waals surface area contributed by atoms with Crippen LogP contribution < -0.4 is 11.3 Å². The molecule has 0 saturated heterocycles. The van der Waals surface area contributed by atoms with Crippen molar-refractivity contribution in [3.05, 3.63) is 46.5 Å². The molecule has 86 valence electrons. The lowest BCUT2D eigenvalue weighted by Gasteiger charge is -2.01. The summed E-state index contributed by atoms with van der Waals surface area (Å²) in [7, 11) is 0. The van der Waals surface area contributed by atoms with Gasteiger partial charge in [0.15, 0.2) is 5.16 Å². The van der Waals surface area contributed by atoms with Gasteiger partial charge in [-0.1, -0.05) is 6.07 Å². The van der Waals surface area contributed by atoms with E-state index < -0.39 is 0 Å². The molecule has 0 aromatic carbocycles. The number of hydrogen-bond donors (Lipinski definition) is 3. The van der Waals surface area contributed by atoms with Crippen molar-refractivity contribution in [3.8, 4) is 0 Å². The highest BCUT2D eigenvalue weighted by Crippen LogP contribution is 2.21. The van der Waals surface area contributed by atoms with Crippen LogP contribution >= 0.6 is 11.8 Å². The van der Waals surface area contributed by atoms with Crippen molar-refractivity contribution >= 4 is 17.6 Å². The normalized spacial score (nSPS) is 10.1. The summed E-state index contributed by atoms with van der Waals surface area (Å²) < 4.78 is 0. The Morgan fingerprint density at radius 3 is 2.94 bits per heavy atom. The lowest BCUT2D eigenvalue weighted by molar-refractivity contribution is 0.931. The average Bonchev–Trinajstić information content (AvgIpc) is 2.29. The van der Waals surface area contributed by atoms with E-state index in [2.05, 4.69) is 15.0 Å². The summed E-state index contributed by atoms with van der Waals surface area (Å²) in [6, 6.07) is 6.48. The van der Waals surface area contributed by atoms with Crippen LogP contribution in [0.3, 0.4) is 0 Å². The number of nitrogens with two attached hydrogens (primary N) is 1. The van der Waals surface area contributed by atoms with Gasteiger partial charge >= 0.3 is 0 Å². The Hall–Kier alpha value is -2.15. The number of nitrogens with zero attached hydrogens (tertiary/aromatic N) is 2. The van der Waals surface area contributed by atoms with Crippen LogP contribution in [0.1, 0.15) is 5.69 Å². The highest BCUT2D eigenvalue weighted by atomic mass is 32.2. The summed E-state index contributed by atoms with van der Waals surface area (Å²) in [5, 5.41) is 8.35. The molecule has 2 heterocycles. The van der Waals surface area contributed by atoms with Crippen molar-refractivity contribution in [1.82, 2.24) is 15.0 Å². The number of nitrogens with one attached hydrogen (secondary N) is 2. The molecule has 17 heavy (non-hydrogen) atoms. The van der Waals surface area contributed by atoms with Crippen LogP contribution in [0.25, 0.3) is 0 Å². The van der Waals surface area contributed by atoms with Gasteiger partial charge in [-0.25, -0.2) is 9.97 Å². The maximum absolute atomic E-state index is 11.1. The fraction of sp³-hybridized carbons (Fsp3) is 0. The van der Waals surface area contributed by atoms with Crippen molar-refractivity contribution in [2.45, 2.75) is 10.2 Å². The smallest absolute Gasteiger partial charge is 0.251 e. The van der Waals surface area contributed by atoms with Gasteiger partial charge in [-0.05, 0) is 23.9 Å². The minimum atomic E-state index is -0.217. The van der Waals surface area contributed by atoms with E-state index in [-0.39, 0.29) is 11.4 Å². The van der Waals surface area contributed by atoms with Gasteiger partial charge in [-0.15, -0.1) is 0 Å². The highest BCUT2D eigenvalue weighted by Gasteiger charge is 2.03. The van der Waals surface area contributed by atoms with Gasteiger partial charge in [-0.3, -0.25) is 10.2 Å². The number of H-pyrrole nitrogens is 1.